The van der Waals surface area contributed by atoms with Gasteiger partial charge in [0.05, 0.1) is 5.56 Å². The largest absolute Gasteiger partial charge is 0.294 e. The number of ketones is 1. The molecule has 0 heterocycles. The number of rotatable bonds is 0. The number of carbonyl (C=O) groups excluding carboxylic acids is 1. The number of Topliss-reactive ketones (excluding diaryl/α,β-unsaturated/α-hetero) is 1. The van der Waals surface area contributed by atoms with Crippen LogP contribution in [0.4, 0.5) is 4.39 Å². The molecule has 62 valence electrons. The highest BCUT2D eigenvalue weighted by atomic mass is 19.1. The van der Waals surface area contributed by atoms with Crippen molar-refractivity contribution in [3.63, 3.8) is 0 Å². The average Bonchev–Trinajstić information content (AvgIpc) is 2.42. The van der Waals surface area contributed by atoms with Crippen LogP contribution in [0.2, 0.25) is 0 Å². The number of aryl methyl sites for hydroxylation is 1. The molecule has 0 radical (unpaired) electrons. The van der Waals surface area contributed by atoms with Gasteiger partial charge in [-0.05, 0) is 30.5 Å². The Bertz CT molecular complexity index is 355. The van der Waals surface area contributed by atoms with Crippen LogP contribution in [0, 0.1) is 12.7 Å². The third-order valence-corrected chi connectivity index (χ3v) is 2.38. The highest BCUT2D eigenvalue weighted by molar-refractivity contribution is 6.00. The first kappa shape index (κ1) is 7.47. The normalized spacial score (nSPS) is 15.0. The molecule has 0 saturated carbocycles. The average molecular weight is 164 g/mol. The topological polar surface area (TPSA) is 17.1 Å². The fourth-order valence-electron chi connectivity index (χ4n) is 1.71. The molecule has 12 heavy (non-hydrogen) atoms. The quantitative estimate of drug-likeness (QED) is 0.574. The van der Waals surface area contributed by atoms with E-state index < -0.39 is 0 Å². The van der Waals surface area contributed by atoms with Crippen molar-refractivity contribution >= 4 is 5.78 Å². The van der Waals surface area contributed by atoms with Crippen molar-refractivity contribution in [2.24, 2.45) is 0 Å². The van der Waals surface area contributed by atoms with E-state index in [9.17, 15) is 9.18 Å². The summed E-state index contributed by atoms with van der Waals surface area (Å²) < 4.78 is 13.1. The van der Waals surface area contributed by atoms with Crippen LogP contribution < -0.4 is 0 Å². The van der Waals surface area contributed by atoms with Crippen LogP contribution in [-0.4, -0.2) is 5.78 Å². The Kier molecular flexibility index (Phi) is 1.50. The molecule has 0 unspecified atom stereocenters. The molecular formula is C10H9FO. The van der Waals surface area contributed by atoms with E-state index >= 15 is 0 Å². The summed E-state index contributed by atoms with van der Waals surface area (Å²) in [6, 6.07) is 3.10. The molecule has 1 aliphatic rings. The van der Waals surface area contributed by atoms with Gasteiger partial charge < -0.3 is 0 Å². The van der Waals surface area contributed by atoms with Gasteiger partial charge in [-0.15, -0.1) is 0 Å². The lowest BCUT2D eigenvalue weighted by atomic mass is 10.0. The minimum Gasteiger partial charge on any atom is -0.294 e. The molecule has 0 fully saturated rings. The summed E-state index contributed by atoms with van der Waals surface area (Å²) in [6.45, 7) is 1.91. The Morgan fingerprint density at radius 1 is 1.33 bits per heavy atom. The predicted molar refractivity (Wildman–Crippen MR) is 43.8 cm³/mol. The molecule has 0 N–H and O–H groups in total. The summed E-state index contributed by atoms with van der Waals surface area (Å²) in [5.74, 6) is -0.413. The van der Waals surface area contributed by atoms with Crippen molar-refractivity contribution in [3.05, 3.63) is 34.6 Å². The van der Waals surface area contributed by atoms with Crippen molar-refractivity contribution in [2.45, 2.75) is 19.8 Å². The molecule has 1 aliphatic carbocycles. The second-order valence-electron chi connectivity index (χ2n) is 3.14. The maximum Gasteiger partial charge on any atom is 0.166 e. The monoisotopic (exact) mass is 164 g/mol. The first-order chi connectivity index (χ1) is 5.70. The minimum absolute atomic E-state index is 0.0498. The number of halogens is 1. The summed E-state index contributed by atoms with van der Waals surface area (Å²) in [4.78, 5) is 11.2. The summed E-state index contributed by atoms with van der Waals surface area (Å²) in [6.07, 6.45) is 1.18. The van der Waals surface area contributed by atoms with Crippen molar-refractivity contribution in [1.82, 2.24) is 0 Å². The van der Waals surface area contributed by atoms with E-state index in [1.165, 1.54) is 6.07 Å². The van der Waals surface area contributed by atoms with E-state index in [-0.39, 0.29) is 11.6 Å². The highest BCUT2D eigenvalue weighted by Crippen LogP contribution is 2.27. The SMILES string of the molecule is Cc1ccc(F)c2c1CCC2=O. The van der Waals surface area contributed by atoms with Gasteiger partial charge in [0.1, 0.15) is 5.82 Å². The summed E-state index contributed by atoms with van der Waals surface area (Å²) in [5.41, 5.74) is 2.26. The van der Waals surface area contributed by atoms with Gasteiger partial charge in [-0.25, -0.2) is 4.39 Å². The van der Waals surface area contributed by atoms with E-state index in [0.29, 0.717) is 18.4 Å². The first-order valence-electron chi connectivity index (χ1n) is 4.01. The molecule has 1 aromatic rings. The Morgan fingerprint density at radius 2 is 2.08 bits per heavy atom. The van der Waals surface area contributed by atoms with Crippen molar-refractivity contribution in [1.29, 1.82) is 0 Å². The van der Waals surface area contributed by atoms with Gasteiger partial charge in [0.25, 0.3) is 0 Å². The van der Waals surface area contributed by atoms with Gasteiger partial charge in [0.15, 0.2) is 5.78 Å². The Hall–Kier alpha value is -1.18. The molecule has 0 bridgehead atoms. The highest BCUT2D eigenvalue weighted by Gasteiger charge is 2.24. The second kappa shape index (κ2) is 2.41. The third kappa shape index (κ3) is 0.876. The molecule has 0 atom stereocenters. The van der Waals surface area contributed by atoms with Gasteiger partial charge in [-0.2, -0.15) is 0 Å². The standard InChI is InChI=1S/C10H9FO/c1-6-2-4-8(11)10-7(6)3-5-9(10)12/h2,4H,3,5H2,1H3. The molecule has 1 aromatic carbocycles. The maximum atomic E-state index is 13.1. The molecule has 2 heteroatoms. The fraction of sp³-hybridized carbons (Fsp3) is 0.300. The summed E-state index contributed by atoms with van der Waals surface area (Å²) in [7, 11) is 0. The van der Waals surface area contributed by atoms with E-state index in [1.54, 1.807) is 6.07 Å². The van der Waals surface area contributed by atoms with Gasteiger partial charge in [-0.1, -0.05) is 6.07 Å². The van der Waals surface area contributed by atoms with Crippen LogP contribution in [0.5, 0.6) is 0 Å². The minimum atomic E-state index is -0.363. The zero-order chi connectivity index (χ0) is 8.72. The van der Waals surface area contributed by atoms with Crippen molar-refractivity contribution < 1.29 is 9.18 Å². The zero-order valence-corrected chi connectivity index (χ0v) is 6.86. The van der Waals surface area contributed by atoms with Gasteiger partial charge in [0.2, 0.25) is 0 Å². The van der Waals surface area contributed by atoms with Crippen LogP contribution in [-0.2, 0) is 6.42 Å². The maximum absolute atomic E-state index is 13.1. The third-order valence-electron chi connectivity index (χ3n) is 2.38. The lowest BCUT2D eigenvalue weighted by molar-refractivity contribution is 0.0991. The summed E-state index contributed by atoms with van der Waals surface area (Å²) in [5, 5.41) is 0. The van der Waals surface area contributed by atoms with E-state index in [2.05, 4.69) is 0 Å². The van der Waals surface area contributed by atoms with Gasteiger partial charge in [0, 0.05) is 6.42 Å². The fourth-order valence-corrected chi connectivity index (χ4v) is 1.71. The Balaban J connectivity index is 2.72. The van der Waals surface area contributed by atoms with Crippen LogP contribution in [0.3, 0.4) is 0 Å². The molecule has 1 nitrogen and oxygen atoms in total. The second-order valence-corrected chi connectivity index (χ2v) is 3.14. The lowest BCUT2D eigenvalue weighted by Crippen LogP contribution is -1.97. The smallest absolute Gasteiger partial charge is 0.166 e. The number of carbonyl (C=O) groups is 1. The van der Waals surface area contributed by atoms with E-state index in [0.717, 1.165) is 11.1 Å². The number of benzene rings is 1. The van der Waals surface area contributed by atoms with Crippen molar-refractivity contribution in [2.75, 3.05) is 0 Å². The molecule has 0 spiro atoms. The first-order valence-corrected chi connectivity index (χ1v) is 4.01. The number of fused-ring (bicyclic) bond motifs is 1. The van der Waals surface area contributed by atoms with Crippen LogP contribution >= 0.6 is 0 Å². The summed E-state index contributed by atoms with van der Waals surface area (Å²) >= 11 is 0. The molecular weight excluding hydrogens is 155 g/mol. The Labute approximate surface area is 70.2 Å². The molecule has 2 rings (SSSR count). The van der Waals surface area contributed by atoms with Crippen LogP contribution in [0.25, 0.3) is 0 Å². The number of hydrogen-bond acceptors (Lipinski definition) is 1. The molecule has 0 amide bonds. The van der Waals surface area contributed by atoms with E-state index in [4.69, 9.17) is 0 Å². The van der Waals surface area contributed by atoms with Crippen LogP contribution in [0.15, 0.2) is 12.1 Å². The zero-order valence-electron chi connectivity index (χ0n) is 6.86. The molecule has 0 aromatic heterocycles. The molecule has 0 saturated heterocycles. The van der Waals surface area contributed by atoms with Crippen molar-refractivity contribution in [3.8, 4) is 0 Å². The molecule has 0 aliphatic heterocycles. The predicted octanol–water partition coefficient (Wildman–Crippen LogP) is 2.26. The van der Waals surface area contributed by atoms with Gasteiger partial charge >= 0.3 is 0 Å². The van der Waals surface area contributed by atoms with E-state index in [1.807, 2.05) is 6.92 Å². The number of hydrogen-bond donors (Lipinski definition) is 0. The van der Waals surface area contributed by atoms with Gasteiger partial charge in [-0.3, -0.25) is 4.79 Å². The Morgan fingerprint density at radius 3 is 2.75 bits per heavy atom. The lowest BCUT2D eigenvalue weighted by Gasteiger charge is -2.02. The van der Waals surface area contributed by atoms with Crippen LogP contribution in [0.1, 0.15) is 27.9 Å².